The molecule has 0 bridgehead atoms. The van der Waals surface area contributed by atoms with E-state index in [1.807, 2.05) is 0 Å². The first-order valence-corrected chi connectivity index (χ1v) is 13.4. The highest BCUT2D eigenvalue weighted by molar-refractivity contribution is 7.88. The zero-order chi connectivity index (χ0) is 28.8. The lowest BCUT2D eigenvalue weighted by Crippen LogP contribution is -2.53. The third-order valence-electron chi connectivity index (χ3n) is 6.41. The van der Waals surface area contributed by atoms with Crippen LogP contribution in [0.4, 0.5) is 35.1 Å². The second kappa shape index (κ2) is 10.5. The van der Waals surface area contributed by atoms with Gasteiger partial charge in [0, 0.05) is 60.0 Å². The van der Waals surface area contributed by atoms with E-state index in [1.54, 1.807) is 4.90 Å². The highest BCUT2D eigenvalue weighted by Gasteiger charge is 2.71. The van der Waals surface area contributed by atoms with E-state index in [9.17, 15) is 39.9 Å². The number of hydrogen-bond donors (Lipinski definition) is 1. The molecule has 0 aliphatic carbocycles. The van der Waals surface area contributed by atoms with E-state index in [4.69, 9.17) is 11.6 Å². The van der Waals surface area contributed by atoms with Crippen molar-refractivity contribution in [2.75, 3.05) is 32.4 Å². The molecule has 3 rings (SSSR count). The lowest BCUT2D eigenvalue weighted by molar-refractivity contribution is -0.376. The minimum atomic E-state index is -6.14. The van der Waals surface area contributed by atoms with Crippen LogP contribution < -0.4 is 0 Å². The Hall–Kier alpha value is -2.00. The van der Waals surface area contributed by atoms with E-state index in [0.717, 1.165) is 12.3 Å². The average molecular weight is 595 g/mol. The predicted octanol–water partition coefficient (Wildman–Crippen LogP) is 5.24. The van der Waals surface area contributed by atoms with E-state index in [-0.39, 0.29) is 61.9 Å². The number of halogens is 9. The van der Waals surface area contributed by atoms with E-state index in [2.05, 4.69) is 0 Å². The van der Waals surface area contributed by atoms with Crippen LogP contribution >= 0.6 is 11.6 Å². The molecule has 0 aromatic heterocycles. The van der Waals surface area contributed by atoms with E-state index < -0.39 is 55.8 Å². The van der Waals surface area contributed by atoms with E-state index >= 15 is 8.78 Å². The van der Waals surface area contributed by atoms with Crippen LogP contribution in [-0.4, -0.2) is 67.5 Å². The number of benzene rings is 2. The third-order valence-corrected chi connectivity index (χ3v) is 8.03. The smallest absolute Gasteiger partial charge is 0.369 e. The Bertz CT molecular complexity index is 1290. The van der Waals surface area contributed by atoms with Gasteiger partial charge in [0.1, 0.15) is 11.6 Å². The molecule has 1 fully saturated rings. The Morgan fingerprint density at radius 2 is 1.53 bits per heavy atom. The third kappa shape index (κ3) is 5.64. The topological polar surface area (TPSA) is 60.9 Å². The van der Waals surface area contributed by atoms with Crippen molar-refractivity contribution in [2.24, 2.45) is 0 Å². The molecule has 1 aliphatic heterocycles. The Kier molecular flexibility index (Phi) is 8.46. The standard InChI is InChI=1S/C23H23ClF8N2O3S/c1-3-15-19(16-5-4-14(11-17(16)24)21(35,22(27,28)29)23(30,31)32)18(25)10-13(20(15)26)12-33-6-8-34(9-7-33)38(2,36)37/h4-5,10-11,35H,3,6-9,12H2,1-2H3. The first-order chi connectivity index (χ1) is 17.3. The van der Waals surface area contributed by atoms with Gasteiger partial charge in [-0.15, -0.1) is 0 Å². The molecule has 38 heavy (non-hydrogen) atoms. The summed E-state index contributed by atoms with van der Waals surface area (Å²) in [6.07, 6.45) is -11.3. The molecule has 15 heteroatoms. The molecule has 212 valence electrons. The van der Waals surface area contributed by atoms with Gasteiger partial charge in [-0.3, -0.25) is 4.90 Å². The zero-order valence-electron chi connectivity index (χ0n) is 20.0. The fourth-order valence-electron chi connectivity index (χ4n) is 4.37. The summed E-state index contributed by atoms with van der Waals surface area (Å²) in [7, 11) is -3.40. The molecule has 1 N–H and O–H groups in total. The summed E-state index contributed by atoms with van der Waals surface area (Å²) in [5.41, 5.74) is -7.92. The molecule has 0 unspecified atom stereocenters. The molecule has 0 saturated carbocycles. The monoisotopic (exact) mass is 594 g/mol. The fraction of sp³-hybridized carbons (Fsp3) is 0.478. The molecular formula is C23H23ClF8N2O3S. The largest absolute Gasteiger partial charge is 0.430 e. The molecule has 2 aromatic rings. The Labute approximate surface area is 218 Å². The van der Waals surface area contributed by atoms with Crippen molar-refractivity contribution >= 4 is 21.6 Å². The molecule has 2 aromatic carbocycles. The number of nitrogens with zero attached hydrogens (tertiary/aromatic N) is 2. The van der Waals surface area contributed by atoms with E-state index in [1.165, 1.54) is 11.2 Å². The van der Waals surface area contributed by atoms with E-state index in [0.29, 0.717) is 12.1 Å². The first-order valence-electron chi connectivity index (χ1n) is 11.2. The van der Waals surface area contributed by atoms with Crippen molar-refractivity contribution in [3.05, 3.63) is 57.6 Å². The molecule has 1 saturated heterocycles. The van der Waals surface area contributed by atoms with Crippen molar-refractivity contribution in [1.82, 2.24) is 9.21 Å². The van der Waals surface area contributed by atoms with Crippen molar-refractivity contribution in [3.63, 3.8) is 0 Å². The maximum atomic E-state index is 15.5. The lowest BCUT2D eigenvalue weighted by Gasteiger charge is -2.33. The summed E-state index contributed by atoms with van der Waals surface area (Å²) >= 11 is 5.97. The summed E-state index contributed by atoms with van der Waals surface area (Å²) in [5, 5.41) is 8.85. The number of piperazine rings is 1. The van der Waals surface area contributed by atoms with Crippen LogP contribution in [0.1, 0.15) is 23.6 Å². The number of hydrogen-bond acceptors (Lipinski definition) is 4. The molecule has 1 aliphatic rings. The van der Waals surface area contributed by atoms with Crippen LogP contribution in [0.5, 0.6) is 0 Å². The van der Waals surface area contributed by atoms with Gasteiger partial charge in [0.05, 0.1) is 6.26 Å². The van der Waals surface area contributed by atoms with Crippen LogP contribution in [0, 0.1) is 11.6 Å². The first kappa shape index (κ1) is 30.5. The predicted molar refractivity (Wildman–Crippen MR) is 124 cm³/mol. The summed E-state index contributed by atoms with van der Waals surface area (Å²) < 4.78 is 135. The maximum absolute atomic E-state index is 15.5. The van der Waals surface area contributed by atoms with Crippen molar-refractivity contribution in [3.8, 4) is 11.1 Å². The van der Waals surface area contributed by atoms with Crippen LogP contribution in [0.2, 0.25) is 5.02 Å². The molecule has 5 nitrogen and oxygen atoms in total. The lowest BCUT2D eigenvalue weighted by atomic mass is 9.89. The van der Waals surface area contributed by atoms with Crippen molar-refractivity contribution in [1.29, 1.82) is 0 Å². The van der Waals surface area contributed by atoms with Crippen LogP contribution in [0.25, 0.3) is 11.1 Å². The zero-order valence-corrected chi connectivity index (χ0v) is 21.6. The molecule has 0 spiro atoms. The minimum Gasteiger partial charge on any atom is -0.369 e. The van der Waals surface area contributed by atoms with Gasteiger partial charge in [-0.25, -0.2) is 17.2 Å². The Morgan fingerprint density at radius 1 is 0.974 bits per heavy atom. The summed E-state index contributed by atoms with van der Waals surface area (Å²) in [6.45, 7) is 2.24. The van der Waals surface area contributed by atoms with Gasteiger partial charge < -0.3 is 5.11 Å². The van der Waals surface area contributed by atoms with Gasteiger partial charge in [0.2, 0.25) is 10.0 Å². The number of sulfonamides is 1. The highest BCUT2D eigenvalue weighted by atomic mass is 35.5. The fourth-order valence-corrected chi connectivity index (χ4v) is 5.47. The Morgan fingerprint density at radius 3 is 1.97 bits per heavy atom. The molecular weight excluding hydrogens is 572 g/mol. The molecule has 1 heterocycles. The van der Waals surface area contributed by atoms with Crippen molar-refractivity contribution in [2.45, 2.75) is 37.8 Å². The number of aliphatic hydroxyl groups is 1. The van der Waals surface area contributed by atoms with Gasteiger partial charge >= 0.3 is 12.4 Å². The maximum Gasteiger partial charge on any atom is 0.430 e. The van der Waals surface area contributed by atoms with Crippen LogP contribution in [-0.2, 0) is 28.6 Å². The van der Waals surface area contributed by atoms with Crippen LogP contribution in [0.15, 0.2) is 24.3 Å². The highest BCUT2D eigenvalue weighted by Crippen LogP contribution is 2.51. The van der Waals surface area contributed by atoms with Gasteiger partial charge in [0.15, 0.2) is 0 Å². The normalized spacial score (nSPS) is 16.7. The van der Waals surface area contributed by atoms with Gasteiger partial charge in [-0.1, -0.05) is 30.7 Å². The second-order valence-electron chi connectivity index (χ2n) is 8.88. The number of rotatable bonds is 6. The minimum absolute atomic E-state index is 0.0628. The summed E-state index contributed by atoms with van der Waals surface area (Å²) in [5.74, 6) is -1.85. The van der Waals surface area contributed by atoms with Crippen molar-refractivity contribution < 1.29 is 48.6 Å². The molecule has 0 radical (unpaired) electrons. The molecule has 0 amide bonds. The van der Waals surface area contributed by atoms with Crippen LogP contribution in [0.3, 0.4) is 0 Å². The summed E-state index contributed by atoms with van der Waals surface area (Å²) in [6, 6.07) is 2.07. The average Bonchev–Trinajstić information content (AvgIpc) is 2.79. The molecule has 0 atom stereocenters. The quantitative estimate of drug-likeness (QED) is 0.465. The second-order valence-corrected chi connectivity index (χ2v) is 11.3. The number of alkyl halides is 6. The Balaban J connectivity index is 2.00. The van der Waals surface area contributed by atoms with Gasteiger partial charge in [-0.2, -0.15) is 30.6 Å². The van der Waals surface area contributed by atoms with Gasteiger partial charge in [0.25, 0.3) is 5.60 Å². The van der Waals surface area contributed by atoms with Gasteiger partial charge in [-0.05, 0) is 24.1 Å². The summed E-state index contributed by atoms with van der Waals surface area (Å²) in [4.78, 5) is 1.72. The SMILES string of the molecule is CCc1c(F)c(CN2CCN(S(C)(=O)=O)CC2)cc(F)c1-c1ccc(C(O)(C(F)(F)F)C(F)(F)F)cc1Cl.